The summed E-state index contributed by atoms with van der Waals surface area (Å²) in [6.45, 7) is 4.30. The predicted octanol–water partition coefficient (Wildman–Crippen LogP) is 1.93. The Labute approximate surface area is 112 Å². The number of carbonyl (C=O) groups excluding carboxylic acids is 1. The number of nitrogens with zero attached hydrogens (tertiary/aromatic N) is 3. The maximum atomic E-state index is 11.7. The van der Waals surface area contributed by atoms with E-state index in [-0.39, 0.29) is 11.8 Å². The van der Waals surface area contributed by atoms with Crippen molar-refractivity contribution in [3.63, 3.8) is 0 Å². The van der Waals surface area contributed by atoms with E-state index in [1.54, 1.807) is 6.33 Å². The molecule has 0 radical (unpaired) electrons. The van der Waals surface area contributed by atoms with Crippen LogP contribution in [0.2, 0.25) is 0 Å². The van der Waals surface area contributed by atoms with Crippen LogP contribution in [0.5, 0.6) is 0 Å². The van der Waals surface area contributed by atoms with Crippen LogP contribution in [0.4, 0.5) is 0 Å². The molecule has 1 aromatic heterocycles. The number of benzene rings is 1. The molecule has 0 aliphatic carbocycles. The number of hydrogen-bond acceptors (Lipinski definition) is 3. The Bertz CT molecular complexity index is 535. The number of hydrogen-bond donors (Lipinski definition) is 1. The lowest BCUT2D eigenvalue weighted by Crippen LogP contribution is -2.29. The van der Waals surface area contributed by atoms with E-state index in [1.807, 2.05) is 48.7 Å². The Kier molecular flexibility index (Phi) is 4.28. The van der Waals surface area contributed by atoms with Gasteiger partial charge in [0.1, 0.15) is 6.33 Å². The van der Waals surface area contributed by atoms with Crippen LogP contribution in [0.1, 0.15) is 26.1 Å². The largest absolute Gasteiger partial charge is 0.349 e. The Balaban J connectivity index is 2.07. The summed E-state index contributed by atoms with van der Waals surface area (Å²) in [5.74, 6) is 0.793. The molecule has 1 atom stereocenters. The van der Waals surface area contributed by atoms with Gasteiger partial charge in [0.15, 0.2) is 5.82 Å². The van der Waals surface area contributed by atoms with Crippen molar-refractivity contribution in [2.24, 2.45) is 5.92 Å². The van der Waals surface area contributed by atoms with E-state index in [0.717, 1.165) is 17.9 Å². The molecule has 0 saturated carbocycles. The molecule has 1 unspecified atom stereocenters. The van der Waals surface area contributed by atoms with Crippen molar-refractivity contribution in [3.8, 4) is 5.69 Å². The minimum atomic E-state index is 0.0214. The first kappa shape index (κ1) is 13.3. The smallest absolute Gasteiger partial charge is 0.223 e. The van der Waals surface area contributed by atoms with Gasteiger partial charge in [0, 0.05) is 11.6 Å². The van der Waals surface area contributed by atoms with Gasteiger partial charge >= 0.3 is 0 Å². The van der Waals surface area contributed by atoms with E-state index >= 15 is 0 Å². The van der Waals surface area contributed by atoms with Crippen molar-refractivity contribution >= 4 is 5.91 Å². The van der Waals surface area contributed by atoms with Crippen LogP contribution in [0, 0.1) is 5.92 Å². The van der Waals surface area contributed by atoms with Crippen molar-refractivity contribution in [2.45, 2.75) is 26.8 Å². The fraction of sp³-hybridized carbons (Fsp3) is 0.357. The Morgan fingerprint density at radius 2 is 2.11 bits per heavy atom. The third-order valence-corrected chi connectivity index (χ3v) is 3.13. The zero-order chi connectivity index (χ0) is 13.7. The van der Waals surface area contributed by atoms with Gasteiger partial charge in [0.2, 0.25) is 5.91 Å². The first-order valence-electron chi connectivity index (χ1n) is 6.44. The number of aromatic nitrogens is 3. The number of amides is 1. The van der Waals surface area contributed by atoms with Crippen molar-refractivity contribution < 1.29 is 4.79 Å². The summed E-state index contributed by atoms with van der Waals surface area (Å²) in [5, 5.41) is 10.8. The lowest BCUT2D eigenvalue weighted by molar-refractivity contribution is -0.124. The summed E-state index contributed by atoms with van der Waals surface area (Å²) >= 11 is 0. The van der Waals surface area contributed by atoms with Crippen LogP contribution in [0.15, 0.2) is 36.7 Å². The van der Waals surface area contributed by atoms with Gasteiger partial charge in [-0.05, 0) is 18.6 Å². The quantitative estimate of drug-likeness (QED) is 0.891. The molecule has 0 spiro atoms. The highest BCUT2D eigenvalue weighted by molar-refractivity contribution is 5.78. The molecule has 100 valence electrons. The van der Waals surface area contributed by atoms with Gasteiger partial charge in [0.05, 0.1) is 6.54 Å². The van der Waals surface area contributed by atoms with Crippen LogP contribution in [-0.2, 0) is 11.3 Å². The third-order valence-electron chi connectivity index (χ3n) is 3.13. The molecule has 1 aromatic carbocycles. The number of para-hydroxylation sites is 1. The number of rotatable bonds is 5. The first-order chi connectivity index (χ1) is 9.22. The summed E-state index contributed by atoms with van der Waals surface area (Å²) < 4.78 is 1.87. The van der Waals surface area contributed by atoms with Crippen LogP contribution < -0.4 is 5.32 Å². The molecular weight excluding hydrogens is 240 g/mol. The summed E-state index contributed by atoms with van der Waals surface area (Å²) in [6.07, 6.45) is 2.48. The zero-order valence-corrected chi connectivity index (χ0v) is 11.2. The molecule has 1 N–H and O–H groups in total. The second-order valence-electron chi connectivity index (χ2n) is 4.48. The highest BCUT2D eigenvalue weighted by Gasteiger charge is 2.12. The average Bonchev–Trinajstić information content (AvgIpc) is 2.93. The van der Waals surface area contributed by atoms with Gasteiger partial charge in [-0.2, -0.15) is 0 Å². The molecule has 0 aliphatic rings. The second kappa shape index (κ2) is 6.13. The second-order valence-corrected chi connectivity index (χ2v) is 4.48. The van der Waals surface area contributed by atoms with Crippen LogP contribution in [0.3, 0.4) is 0 Å². The SMILES string of the molecule is CCC(C)C(=O)NCc1nncn1-c1ccccc1. The highest BCUT2D eigenvalue weighted by Crippen LogP contribution is 2.09. The highest BCUT2D eigenvalue weighted by atomic mass is 16.1. The molecule has 0 bridgehead atoms. The third kappa shape index (κ3) is 3.19. The monoisotopic (exact) mass is 258 g/mol. The van der Waals surface area contributed by atoms with Crippen LogP contribution in [-0.4, -0.2) is 20.7 Å². The Morgan fingerprint density at radius 1 is 1.37 bits per heavy atom. The first-order valence-corrected chi connectivity index (χ1v) is 6.44. The molecule has 0 saturated heterocycles. The van der Waals surface area contributed by atoms with E-state index in [4.69, 9.17) is 0 Å². The summed E-state index contributed by atoms with van der Waals surface area (Å²) in [4.78, 5) is 11.7. The molecule has 5 nitrogen and oxygen atoms in total. The summed E-state index contributed by atoms with van der Waals surface area (Å²) in [6, 6.07) is 9.82. The van der Waals surface area contributed by atoms with Gasteiger partial charge < -0.3 is 5.32 Å². The predicted molar refractivity (Wildman–Crippen MR) is 72.7 cm³/mol. The number of carbonyl (C=O) groups is 1. The van der Waals surface area contributed by atoms with E-state index in [9.17, 15) is 4.79 Å². The minimum Gasteiger partial charge on any atom is -0.349 e. The average molecular weight is 258 g/mol. The van der Waals surface area contributed by atoms with Crippen molar-refractivity contribution in [2.75, 3.05) is 0 Å². The summed E-state index contributed by atoms with van der Waals surface area (Å²) in [7, 11) is 0. The molecule has 2 rings (SSSR count). The molecule has 1 amide bonds. The van der Waals surface area contributed by atoms with Gasteiger partial charge in [-0.3, -0.25) is 9.36 Å². The minimum absolute atomic E-state index is 0.0214. The lowest BCUT2D eigenvalue weighted by Gasteiger charge is -2.10. The van der Waals surface area contributed by atoms with Crippen molar-refractivity contribution in [1.82, 2.24) is 20.1 Å². The fourth-order valence-corrected chi connectivity index (χ4v) is 1.71. The Morgan fingerprint density at radius 3 is 2.79 bits per heavy atom. The van der Waals surface area contributed by atoms with Gasteiger partial charge in [-0.15, -0.1) is 10.2 Å². The van der Waals surface area contributed by atoms with Crippen LogP contribution in [0.25, 0.3) is 5.69 Å². The van der Waals surface area contributed by atoms with E-state index in [1.165, 1.54) is 0 Å². The maximum absolute atomic E-state index is 11.7. The molecule has 0 fully saturated rings. The standard InChI is InChI=1S/C14H18N4O/c1-3-11(2)14(19)15-9-13-17-16-10-18(13)12-7-5-4-6-8-12/h4-8,10-11H,3,9H2,1-2H3,(H,15,19). The number of nitrogens with one attached hydrogen (secondary N) is 1. The van der Waals surface area contributed by atoms with Crippen molar-refractivity contribution in [3.05, 3.63) is 42.5 Å². The zero-order valence-electron chi connectivity index (χ0n) is 11.2. The Hall–Kier alpha value is -2.17. The molecule has 5 heteroatoms. The van der Waals surface area contributed by atoms with Crippen LogP contribution >= 0.6 is 0 Å². The molecular formula is C14H18N4O. The van der Waals surface area contributed by atoms with Gasteiger partial charge in [0.25, 0.3) is 0 Å². The normalized spacial score (nSPS) is 12.1. The fourth-order valence-electron chi connectivity index (χ4n) is 1.71. The van der Waals surface area contributed by atoms with E-state index in [2.05, 4.69) is 15.5 Å². The van der Waals surface area contributed by atoms with E-state index in [0.29, 0.717) is 6.54 Å². The summed E-state index contributed by atoms with van der Waals surface area (Å²) in [5.41, 5.74) is 0.986. The molecule has 19 heavy (non-hydrogen) atoms. The molecule has 0 aliphatic heterocycles. The molecule has 2 aromatic rings. The topological polar surface area (TPSA) is 59.8 Å². The van der Waals surface area contributed by atoms with E-state index < -0.39 is 0 Å². The van der Waals surface area contributed by atoms with Gasteiger partial charge in [-0.1, -0.05) is 32.0 Å². The van der Waals surface area contributed by atoms with Crippen molar-refractivity contribution in [1.29, 1.82) is 0 Å². The molecule has 1 heterocycles. The van der Waals surface area contributed by atoms with Gasteiger partial charge in [-0.25, -0.2) is 0 Å². The maximum Gasteiger partial charge on any atom is 0.223 e. The lowest BCUT2D eigenvalue weighted by atomic mass is 10.1.